The maximum Gasteiger partial charge on any atom is 0.123 e. The molecule has 1 unspecified atom stereocenters. The summed E-state index contributed by atoms with van der Waals surface area (Å²) in [6, 6.07) is 4.03. The van der Waals surface area contributed by atoms with Crippen LogP contribution in [0.25, 0.3) is 6.08 Å². The predicted molar refractivity (Wildman–Crippen MR) is 95.1 cm³/mol. The molecule has 0 saturated carbocycles. The fourth-order valence-corrected chi connectivity index (χ4v) is 2.29. The van der Waals surface area contributed by atoms with Gasteiger partial charge in [0.25, 0.3) is 0 Å². The van der Waals surface area contributed by atoms with Gasteiger partial charge in [0.2, 0.25) is 0 Å². The van der Waals surface area contributed by atoms with E-state index in [2.05, 4.69) is 41.5 Å². The van der Waals surface area contributed by atoms with Crippen LogP contribution in [0, 0.1) is 5.92 Å². The molecule has 1 aromatic carbocycles. The number of benzene rings is 1. The molecule has 0 spiro atoms. The van der Waals surface area contributed by atoms with Crippen molar-refractivity contribution < 1.29 is 10.2 Å². The van der Waals surface area contributed by atoms with Crippen LogP contribution >= 0.6 is 0 Å². The minimum atomic E-state index is -0.537. The maximum absolute atomic E-state index is 10.7. The van der Waals surface area contributed by atoms with Crippen LogP contribution in [-0.4, -0.2) is 16.3 Å². The topological polar surface area (TPSA) is 40.5 Å². The zero-order valence-corrected chi connectivity index (χ0v) is 15.3. The number of aliphatic hydroxyl groups is 1. The fraction of sp³-hybridized carbons (Fsp3) is 0.550. The highest BCUT2D eigenvalue weighted by Crippen LogP contribution is 2.40. The van der Waals surface area contributed by atoms with Gasteiger partial charge in [-0.25, -0.2) is 0 Å². The second kappa shape index (κ2) is 6.45. The van der Waals surface area contributed by atoms with E-state index in [0.29, 0.717) is 5.75 Å². The molecule has 22 heavy (non-hydrogen) atoms. The van der Waals surface area contributed by atoms with Gasteiger partial charge in [0, 0.05) is 17.0 Å². The van der Waals surface area contributed by atoms with Crippen LogP contribution in [-0.2, 0) is 10.8 Å². The van der Waals surface area contributed by atoms with E-state index in [0.717, 1.165) is 22.6 Å². The van der Waals surface area contributed by atoms with Gasteiger partial charge in [-0.3, -0.25) is 0 Å². The number of phenolic OH excluding ortho intramolecular Hbond substituents is 1. The Morgan fingerprint density at radius 1 is 0.955 bits per heavy atom. The average Bonchev–Trinajstić information content (AvgIpc) is 2.33. The Morgan fingerprint density at radius 3 is 1.68 bits per heavy atom. The quantitative estimate of drug-likeness (QED) is 0.827. The number of aromatic hydroxyl groups is 1. The molecule has 1 atom stereocenters. The van der Waals surface area contributed by atoms with Gasteiger partial charge in [-0.05, 0) is 28.5 Å². The van der Waals surface area contributed by atoms with Crippen molar-refractivity contribution in [2.75, 3.05) is 0 Å². The number of phenols is 1. The van der Waals surface area contributed by atoms with E-state index in [9.17, 15) is 10.2 Å². The summed E-state index contributed by atoms with van der Waals surface area (Å²) in [5.41, 5.74) is 2.60. The second-order valence-corrected chi connectivity index (χ2v) is 8.35. The van der Waals surface area contributed by atoms with Crippen molar-refractivity contribution in [1.82, 2.24) is 0 Å². The Hall–Kier alpha value is -1.28. The van der Waals surface area contributed by atoms with Crippen molar-refractivity contribution in [3.8, 4) is 5.75 Å². The van der Waals surface area contributed by atoms with E-state index in [1.807, 2.05) is 32.1 Å². The van der Waals surface area contributed by atoms with Gasteiger partial charge in [-0.15, -0.1) is 0 Å². The number of aliphatic hydroxyl groups excluding tert-OH is 1. The number of hydrogen-bond acceptors (Lipinski definition) is 2. The Labute approximate surface area is 135 Å². The summed E-state index contributed by atoms with van der Waals surface area (Å²) in [4.78, 5) is 0. The first kappa shape index (κ1) is 18.8. The van der Waals surface area contributed by atoms with Crippen LogP contribution in [0.4, 0.5) is 0 Å². The fourth-order valence-electron chi connectivity index (χ4n) is 2.29. The van der Waals surface area contributed by atoms with Crippen LogP contribution in [0.3, 0.4) is 0 Å². The van der Waals surface area contributed by atoms with Crippen molar-refractivity contribution in [1.29, 1.82) is 0 Å². The number of rotatable bonds is 3. The molecule has 1 aromatic rings. The van der Waals surface area contributed by atoms with Crippen molar-refractivity contribution >= 4 is 6.08 Å². The SMILES string of the molecule is C[C](C)C(O)C=Cc1cc(C(C)(C)C)c(O)c(C(C)(C)C)c1. The smallest absolute Gasteiger partial charge is 0.123 e. The third-order valence-corrected chi connectivity index (χ3v) is 3.81. The molecule has 0 saturated heterocycles. The highest BCUT2D eigenvalue weighted by Gasteiger charge is 2.26. The standard InChI is InChI=1S/C20H31O2/c1-13(2)17(21)10-9-14-11-15(19(3,4)5)18(22)16(12-14)20(6,7)8/h9-12,17,21-22H,1-8H3. The molecular formula is C20H31O2. The summed E-state index contributed by atoms with van der Waals surface area (Å²) >= 11 is 0. The Bertz CT molecular complexity index is 505. The second-order valence-electron chi connectivity index (χ2n) is 8.35. The lowest BCUT2D eigenvalue weighted by Gasteiger charge is -2.28. The molecule has 123 valence electrons. The van der Waals surface area contributed by atoms with Gasteiger partial charge in [0.15, 0.2) is 0 Å². The molecule has 0 aromatic heterocycles. The average molecular weight is 303 g/mol. The van der Waals surface area contributed by atoms with Crippen LogP contribution in [0.15, 0.2) is 18.2 Å². The molecule has 2 N–H and O–H groups in total. The van der Waals surface area contributed by atoms with Gasteiger partial charge >= 0.3 is 0 Å². The van der Waals surface area contributed by atoms with Gasteiger partial charge in [-0.2, -0.15) is 0 Å². The summed E-state index contributed by atoms with van der Waals surface area (Å²) < 4.78 is 0. The summed E-state index contributed by atoms with van der Waals surface area (Å²) in [5.74, 6) is 1.35. The van der Waals surface area contributed by atoms with E-state index in [1.165, 1.54) is 0 Å². The lowest BCUT2D eigenvalue weighted by Crippen LogP contribution is -2.17. The third kappa shape index (κ3) is 4.61. The first-order valence-corrected chi connectivity index (χ1v) is 7.88. The first-order valence-electron chi connectivity index (χ1n) is 7.88. The van der Waals surface area contributed by atoms with Crippen molar-refractivity contribution in [3.05, 3.63) is 40.8 Å². The minimum Gasteiger partial charge on any atom is -0.507 e. The van der Waals surface area contributed by atoms with Gasteiger partial charge in [-0.1, -0.05) is 67.5 Å². The van der Waals surface area contributed by atoms with Crippen LogP contribution < -0.4 is 0 Å². The molecule has 0 aliphatic carbocycles. The predicted octanol–water partition coefficient (Wildman–Crippen LogP) is 4.98. The van der Waals surface area contributed by atoms with Crippen LogP contribution in [0.2, 0.25) is 0 Å². The van der Waals surface area contributed by atoms with Gasteiger partial charge < -0.3 is 10.2 Å². The van der Waals surface area contributed by atoms with Crippen molar-refractivity contribution in [2.45, 2.75) is 72.3 Å². The molecule has 0 amide bonds. The van der Waals surface area contributed by atoms with Gasteiger partial charge in [0.05, 0.1) is 6.10 Å². The van der Waals surface area contributed by atoms with Gasteiger partial charge in [0.1, 0.15) is 5.75 Å². The highest BCUT2D eigenvalue weighted by atomic mass is 16.3. The lowest BCUT2D eigenvalue weighted by atomic mass is 9.78. The molecule has 2 nitrogen and oxygen atoms in total. The molecule has 1 radical (unpaired) electrons. The van der Waals surface area contributed by atoms with E-state index < -0.39 is 6.10 Å². The van der Waals surface area contributed by atoms with E-state index in [4.69, 9.17) is 0 Å². The van der Waals surface area contributed by atoms with Crippen molar-refractivity contribution in [2.24, 2.45) is 0 Å². The molecule has 0 aliphatic heterocycles. The monoisotopic (exact) mass is 303 g/mol. The maximum atomic E-state index is 10.7. The molecule has 0 bridgehead atoms. The Morgan fingerprint density at radius 2 is 1.36 bits per heavy atom. The number of hydrogen-bond donors (Lipinski definition) is 2. The molecule has 0 heterocycles. The van der Waals surface area contributed by atoms with Crippen molar-refractivity contribution in [3.63, 3.8) is 0 Å². The molecule has 0 aliphatic rings. The van der Waals surface area contributed by atoms with Crippen LogP contribution in [0.5, 0.6) is 5.75 Å². The van der Waals surface area contributed by atoms with E-state index in [1.54, 1.807) is 6.08 Å². The molecular weight excluding hydrogens is 272 g/mol. The largest absolute Gasteiger partial charge is 0.507 e. The van der Waals surface area contributed by atoms with E-state index in [-0.39, 0.29) is 10.8 Å². The Balaban J connectivity index is 3.42. The zero-order chi connectivity index (χ0) is 17.3. The zero-order valence-electron chi connectivity index (χ0n) is 15.3. The summed E-state index contributed by atoms with van der Waals surface area (Å²) in [5, 5.41) is 20.6. The Kier molecular flexibility index (Phi) is 5.51. The third-order valence-electron chi connectivity index (χ3n) is 3.81. The highest BCUT2D eigenvalue weighted by molar-refractivity contribution is 5.59. The summed E-state index contributed by atoms with van der Waals surface area (Å²) in [7, 11) is 0. The normalized spacial score (nSPS) is 14.8. The van der Waals surface area contributed by atoms with E-state index >= 15 is 0 Å². The molecule has 1 rings (SSSR count). The summed E-state index contributed by atoms with van der Waals surface area (Å²) in [6.45, 7) is 16.4. The minimum absolute atomic E-state index is 0.140. The van der Waals surface area contributed by atoms with Crippen LogP contribution in [0.1, 0.15) is 72.1 Å². The lowest BCUT2D eigenvalue weighted by molar-refractivity contribution is 0.238. The molecule has 0 fully saturated rings. The first-order chi connectivity index (χ1) is 9.84. The summed E-state index contributed by atoms with van der Waals surface area (Å²) in [6.07, 6.45) is 3.19. The molecule has 2 heteroatoms.